The van der Waals surface area contributed by atoms with Crippen molar-refractivity contribution in [2.45, 2.75) is 31.0 Å². The van der Waals surface area contributed by atoms with Crippen molar-refractivity contribution in [3.8, 4) is 0 Å². The van der Waals surface area contributed by atoms with Gasteiger partial charge in [-0.2, -0.15) is 0 Å². The molecule has 0 amide bonds. The number of aliphatic hydroxyl groups is 1. The van der Waals surface area contributed by atoms with Crippen molar-refractivity contribution in [1.82, 2.24) is 9.97 Å². The number of hydrogen-bond donors (Lipinski definition) is 1. The van der Waals surface area contributed by atoms with Gasteiger partial charge < -0.3 is 5.11 Å². The molecule has 0 unspecified atom stereocenters. The second-order valence-corrected chi connectivity index (χ2v) is 4.04. The van der Waals surface area contributed by atoms with Crippen molar-refractivity contribution in [2.75, 3.05) is 6.26 Å². The minimum atomic E-state index is -0.378. The monoisotopic (exact) mass is 226 g/mol. The molecule has 15 heavy (non-hydrogen) atoms. The summed E-state index contributed by atoms with van der Waals surface area (Å²) in [5.41, 5.74) is 1.22. The molecule has 1 rings (SSSR count). The van der Waals surface area contributed by atoms with Crippen LogP contribution in [0.1, 0.15) is 29.4 Å². The summed E-state index contributed by atoms with van der Waals surface area (Å²) in [7, 11) is 0. The molecular weight excluding hydrogens is 212 g/mol. The van der Waals surface area contributed by atoms with Crippen LogP contribution in [0.15, 0.2) is 11.4 Å². The largest absolute Gasteiger partial charge is 0.393 e. The molecule has 1 aromatic rings. The van der Waals surface area contributed by atoms with E-state index in [1.807, 2.05) is 6.26 Å². The highest BCUT2D eigenvalue weighted by molar-refractivity contribution is 7.98. The van der Waals surface area contributed by atoms with E-state index < -0.39 is 0 Å². The number of aryl methyl sites for hydroxylation is 1. The van der Waals surface area contributed by atoms with E-state index >= 15 is 0 Å². The van der Waals surface area contributed by atoms with Gasteiger partial charge in [-0.1, -0.05) is 11.8 Å². The standard InChI is InChI=1S/C10H14N2O2S/c1-7(14)3-4-9-8(6-13)5-11-10(12-9)15-2/h5-7,14H,3-4H2,1-2H3/t7-/m0/s1. The first kappa shape index (κ1) is 12.1. The summed E-state index contributed by atoms with van der Waals surface area (Å²) in [4.78, 5) is 19.0. The molecule has 5 heteroatoms. The Balaban J connectivity index is 2.86. The summed E-state index contributed by atoms with van der Waals surface area (Å²) in [6.07, 6.45) is 4.99. The van der Waals surface area contributed by atoms with E-state index in [1.165, 1.54) is 18.0 Å². The van der Waals surface area contributed by atoms with E-state index in [1.54, 1.807) is 6.92 Å². The highest BCUT2D eigenvalue weighted by Gasteiger charge is 2.07. The first-order valence-corrected chi connectivity index (χ1v) is 5.93. The zero-order valence-corrected chi connectivity index (χ0v) is 9.62. The fraction of sp³-hybridized carbons (Fsp3) is 0.500. The van der Waals surface area contributed by atoms with Gasteiger partial charge in [-0.25, -0.2) is 9.97 Å². The van der Waals surface area contributed by atoms with E-state index in [4.69, 9.17) is 5.11 Å². The highest BCUT2D eigenvalue weighted by Crippen LogP contribution is 2.13. The number of carbonyl (C=O) groups excluding carboxylic acids is 1. The molecule has 82 valence electrons. The second kappa shape index (κ2) is 5.82. The molecule has 1 N–H and O–H groups in total. The first-order chi connectivity index (χ1) is 7.17. The maximum atomic E-state index is 10.7. The molecule has 0 aromatic carbocycles. The fourth-order valence-corrected chi connectivity index (χ4v) is 1.51. The summed E-state index contributed by atoms with van der Waals surface area (Å²) in [6.45, 7) is 1.72. The van der Waals surface area contributed by atoms with Crippen LogP contribution in [0.5, 0.6) is 0 Å². The Kier molecular flexibility index (Phi) is 4.71. The second-order valence-electron chi connectivity index (χ2n) is 3.26. The van der Waals surface area contributed by atoms with Crippen LogP contribution in [0.25, 0.3) is 0 Å². The Morgan fingerprint density at radius 1 is 1.67 bits per heavy atom. The van der Waals surface area contributed by atoms with Crippen molar-refractivity contribution < 1.29 is 9.90 Å². The minimum absolute atomic E-state index is 0.378. The Bertz CT molecular complexity index is 342. The first-order valence-electron chi connectivity index (χ1n) is 4.70. The lowest BCUT2D eigenvalue weighted by Gasteiger charge is -2.06. The van der Waals surface area contributed by atoms with Gasteiger partial charge in [-0.05, 0) is 26.0 Å². The maximum absolute atomic E-state index is 10.7. The molecular formula is C10H14N2O2S. The summed E-state index contributed by atoms with van der Waals surface area (Å²) in [5, 5.41) is 9.82. The Morgan fingerprint density at radius 2 is 2.40 bits per heavy atom. The molecule has 0 bridgehead atoms. The fourth-order valence-electron chi connectivity index (χ4n) is 1.15. The van der Waals surface area contributed by atoms with Gasteiger partial charge >= 0.3 is 0 Å². The molecule has 0 spiro atoms. The van der Waals surface area contributed by atoms with Gasteiger partial charge in [-0.3, -0.25) is 4.79 Å². The van der Waals surface area contributed by atoms with Gasteiger partial charge in [-0.15, -0.1) is 0 Å². The van der Waals surface area contributed by atoms with E-state index in [0.717, 1.165) is 6.29 Å². The lowest BCUT2D eigenvalue weighted by Crippen LogP contribution is -2.06. The molecule has 0 radical (unpaired) electrons. The van der Waals surface area contributed by atoms with Gasteiger partial charge in [0.05, 0.1) is 17.4 Å². The van der Waals surface area contributed by atoms with Crippen LogP contribution in [-0.2, 0) is 6.42 Å². The van der Waals surface area contributed by atoms with Crippen LogP contribution in [0.4, 0.5) is 0 Å². The SMILES string of the molecule is CSc1ncc(C=O)c(CC[C@H](C)O)n1. The maximum Gasteiger partial charge on any atom is 0.187 e. The van der Waals surface area contributed by atoms with Crippen LogP contribution in [0, 0.1) is 0 Å². The van der Waals surface area contributed by atoms with Gasteiger partial charge in [0.25, 0.3) is 0 Å². The lowest BCUT2D eigenvalue weighted by molar-refractivity contribution is 0.112. The van der Waals surface area contributed by atoms with Gasteiger partial charge in [0, 0.05) is 6.20 Å². The van der Waals surface area contributed by atoms with Crippen LogP contribution in [-0.4, -0.2) is 33.7 Å². The molecule has 1 aromatic heterocycles. The number of aldehydes is 1. The van der Waals surface area contributed by atoms with Crippen molar-refractivity contribution in [3.63, 3.8) is 0 Å². The number of hydrogen-bond acceptors (Lipinski definition) is 5. The molecule has 0 aliphatic rings. The molecule has 4 nitrogen and oxygen atoms in total. The lowest BCUT2D eigenvalue weighted by atomic mass is 10.1. The van der Waals surface area contributed by atoms with Gasteiger partial charge in [0.15, 0.2) is 11.4 Å². The summed E-state index contributed by atoms with van der Waals surface area (Å²) in [6, 6.07) is 0. The van der Waals surface area contributed by atoms with E-state index in [0.29, 0.717) is 29.3 Å². The normalized spacial score (nSPS) is 12.5. The van der Waals surface area contributed by atoms with E-state index in [-0.39, 0.29) is 6.10 Å². The van der Waals surface area contributed by atoms with E-state index in [2.05, 4.69) is 9.97 Å². The molecule has 0 fully saturated rings. The van der Waals surface area contributed by atoms with Crippen molar-refractivity contribution in [1.29, 1.82) is 0 Å². The average Bonchev–Trinajstić information content (AvgIpc) is 2.25. The predicted molar refractivity (Wildman–Crippen MR) is 59.2 cm³/mol. The summed E-state index contributed by atoms with van der Waals surface area (Å²) < 4.78 is 0. The van der Waals surface area contributed by atoms with Crippen LogP contribution < -0.4 is 0 Å². The third-order valence-electron chi connectivity index (χ3n) is 1.99. The molecule has 1 atom stereocenters. The Labute approximate surface area is 93.1 Å². The van der Waals surface area contributed by atoms with Crippen LogP contribution >= 0.6 is 11.8 Å². The quantitative estimate of drug-likeness (QED) is 0.466. The highest BCUT2D eigenvalue weighted by atomic mass is 32.2. The smallest absolute Gasteiger partial charge is 0.187 e. The number of carbonyl (C=O) groups is 1. The average molecular weight is 226 g/mol. The number of rotatable bonds is 5. The molecule has 0 aliphatic heterocycles. The Morgan fingerprint density at radius 3 is 2.93 bits per heavy atom. The third kappa shape index (κ3) is 3.60. The third-order valence-corrected chi connectivity index (χ3v) is 2.55. The van der Waals surface area contributed by atoms with Crippen LogP contribution in [0.3, 0.4) is 0 Å². The number of nitrogens with zero attached hydrogens (tertiary/aromatic N) is 2. The molecule has 0 saturated carbocycles. The van der Waals surface area contributed by atoms with E-state index in [9.17, 15) is 4.79 Å². The van der Waals surface area contributed by atoms with Gasteiger partial charge in [0.2, 0.25) is 0 Å². The van der Waals surface area contributed by atoms with Crippen molar-refractivity contribution >= 4 is 18.0 Å². The minimum Gasteiger partial charge on any atom is -0.393 e. The topological polar surface area (TPSA) is 63.1 Å². The zero-order valence-electron chi connectivity index (χ0n) is 8.80. The molecule has 0 saturated heterocycles. The number of thioether (sulfide) groups is 1. The Hall–Kier alpha value is -0.940. The molecule has 1 heterocycles. The molecule has 0 aliphatic carbocycles. The van der Waals surface area contributed by atoms with Crippen molar-refractivity contribution in [2.24, 2.45) is 0 Å². The summed E-state index contributed by atoms with van der Waals surface area (Å²) in [5.74, 6) is 0. The van der Waals surface area contributed by atoms with Crippen molar-refractivity contribution in [3.05, 3.63) is 17.5 Å². The predicted octanol–water partition coefficient (Wildman–Crippen LogP) is 1.32. The summed E-state index contributed by atoms with van der Waals surface area (Å²) >= 11 is 1.44. The number of aliphatic hydroxyl groups excluding tert-OH is 1. The zero-order chi connectivity index (χ0) is 11.3. The number of aromatic nitrogens is 2. The van der Waals surface area contributed by atoms with Gasteiger partial charge in [0.1, 0.15) is 0 Å². The van der Waals surface area contributed by atoms with Crippen LogP contribution in [0.2, 0.25) is 0 Å².